The minimum atomic E-state index is 1.15. The van der Waals surface area contributed by atoms with Crippen molar-refractivity contribution in [2.75, 3.05) is 0 Å². The molecule has 0 nitrogen and oxygen atoms in total. The topological polar surface area (TPSA) is 0 Å². The van der Waals surface area contributed by atoms with Gasteiger partial charge in [-0.1, -0.05) is 78.4 Å². The molecule has 0 unspecified atom stereocenters. The van der Waals surface area contributed by atoms with E-state index in [-0.39, 0.29) is 0 Å². The number of hydrogen-bond donors (Lipinski definition) is 0. The maximum absolute atomic E-state index is 2.25. The molecule has 0 aliphatic heterocycles. The predicted molar refractivity (Wildman–Crippen MR) is 109 cm³/mol. The first-order chi connectivity index (χ1) is 11.7. The maximum atomic E-state index is 2.25. The normalized spacial score (nSPS) is 10.8. The smallest absolute Gasteiger partial charge is 0.0242 e. The lowest BCUT2D eigenvalue weighted by molar-refractivity contribution is 0.985. The lowest BCUT2D eigenvalue weighted by Gasteiger charge is -2.01. The van der Waals surface area contributed by atoms with Crippen molar-refractivity contribution >= 4 is 0 Å². The molecule has 0 amide bonds. The number of allylic oxidation sites excluding steroid dienone is 4. The first-order valence-electron chi connectivity index (χ1n) is 8.99. The average molecular weight is 321 g/mol. The van der Waals surface area contributed by atoms with Gasteiger partial charge >= 0.3 is 0 Å². The molecule has 0 atom stereocenters. The number of rotatable bonds is 6. The van der Waals surface area contributed by atoms with E-state index in [2.05, 4.69) is 101 Å². The van der Waals surface area contributed by atoms with Gasteiger partial charge in [0, 0.05) is 0 Å². The van der Waals surface area contributed by atoms with E-state index in [0.29, 0.717) is 0 Å². The van der Waals surface area contributed by atoms with Crippen molar-refractivity contribution in [3.63, 3.8) is 0 Å². The summed E-state index contributed by atoms with van der Waals surface area (Å²) in [5.74, 6) is 0. The highest BCUT2D eigenvalue weighted by Crippen LogP contribution is 2.09. The summed E-state index contributed by atoms with van der Waals surface area (Å²) in [6.07, 6.45) is 13.3. The number of benzene rings is 2. The fraction of sp³-hybridized carbons (Fsp3) is 0.333. The first kappa shape index (κ1) is 20.0. The van der Waals surface area contributed by atoms with Crippen molar-refractivity contribution in [2.24, 2.45) is 0 Å². The van der Waals surface area contributed by atoms with E-state index >= 15 is 0 Å². The molecule has 0 heterocycles. The third-order valence-electron chi connectivity index (χ3n) is 4.00. The van der Waals surface area contributed by atoms with Crippen LogP contribution < -0.4 is 0 Å². The second-order valence-electron chi connectivity index (χ2n) is 6.13. The van der Waals surface area contributed by atoms with Crippen LogP contribution in [0.25, 0.3) is 0 Å². The summed E-state index contributed by atoms with van der Waals surface area (Å²) in [5.41, 5.74) is 5.67. The van der Waals surface area contributed by atoms with Gasteiger partial charge in [0.1, 0.15) is 0 Å². The fourth-order valence-electron chi connectivity index (χ4n) is 2.58. The van der Waals surface area contributed by atoms with Crippen LogP contribution in [0, 0.1) is 13.8 Å². The van der Waals surface area contributed by atoms with Crippen molar-refractivity contribution in [1.82, 2.24) is 0 Å². The quantitative estimate of drug-likeness (QED) is 0.502. The molecule has 0 saturated heterocycles. The van der Waals surface area contributed by atoms with Gasteiger partial charge in [0.15, 0.2) is 0 Å². The minimum Gasteiger partial charge on any atom is -0.0917 e. The molecule has 2 rings (SSSR count). The number of aryl methyl sites for hydroxylation is 4. The van der Waals surface area contributed by atoms with Crippen LogP contribution in [-0.4, -0.2) is 0 Å². The van der Waals surface area contributed by atoms with Crippen LogP contribution in [0.4, 0.5) is 0 Å². The second-order valence-corrected chi connectivity index (χ2v) is 6.13. The molecule has 0 fully saturated rings. The molecule has 0 heteroatoms. The molecule has 0 aromatic heterocycles. The van der Waals surface area contributed by atoms with Crippen molar-refractivity contribution in [2.45, 2.75) is 53.4 Å². The highest BCUT2D eigenvalue weighted by Gasteiger charge is 1.93. The van der Waals surface area contributed by atoms with Gasteiger partial charge < -0.3 is 0 Å². The zero-order valence-corrected chi connectivity index (χ0v) is 15.8. The van der Waals surface area contributed by atoms with E-state index in [0.717, 1.165) is 25.7 Å². The Hall–Kier alpha value is -2.08. The average Bonchev–Trinajstić information content (AvgIpc) is 2.58. The highest BCUT2D eigenvalue weighted by molar-refractivity contribution is 5.25. The molecule has 2 aromatic carbocycles. The van der Waals surface area contributed by atoms with Crippen molar-refractivity contribution in [3.05, 3.63) is 95.1 Å². The summed E-state index contributed by atoms with van der Waals surface area (Å²) >= 11 is 0. The van der Waals surface area contributed by atoms with Crippen molar-refractivity contribution < 1.29 is 0 Å². The molecule has 0 aliphatic carbocycles. The van der Waals surface area contributed by atoms with E-state index in [4.69, 9.17) is 0 Å². The molecule has 0 spiro atoms. The standard InChI is InChI=1S/2C12H16/c1-3-4-5-9-12-10-7-6-8-11(12)2;1-3-4-5-8-12-9-6-7-11(2)10-12/h3-4,6-8,10H,5,9H2,1-2H3;3-4,6-7,9-10H,5,8H2,1-2H3. The largest absolute Gasteiger partial charge is 0.0917 e. The van der Waals surface area contributed by atoms with Gasteiger partial charge in [0.2, 0.25) is 0 Å². The minimum absolute atomic E-state index is 1.15. The van der Waals surface area contributed by atoms with E-state index in [1.54, 1.807) is 0 Å². The lowest BCUT2D eigenvalue weighted by Crippen LogP contribution is -1.86. The van der Waals surface area contributed by atoms with Gasteiger partial charge in [0.05, 0.1) is 0 Å². The summed E-state index contributed by atoms with van der Waals surface area (Å²) in [6, 6.07) is 17.3. The van der Waals surface area contributed by atoms with E-state index in [9.17, 15) is 0 Å². The van der Waals surface area contributed by atoms with Gasteiger partial charge in [-0.25, -0.2) is 0 Å². The lowest BCUT2D eigenvalue weighted by atomic mass is 10.0. The number of hydrogen-bond acceptors (Lipinski definition) is 0. The Kier molecular flexibility index (Phi) is 10.3. The fourth-order valence-corrected chi connectivity index (χ4v) is 2.58. The van der Waals surface area contributed by atoms with Crippen LogP contribution in [-0.2, 0) is 12.8 Å². The first-order valence-corrected chi connectivity index (χ1v) is 8.99. The van der Waals surface area contributed by atoms with Crippen LogP contribution in [0.2, 0.25) is 0 Å². The van der Waals surface area contributed by atoms with Gasteiger partial charge in [0.25, 0.3) is 0 Å². The molecule has 0 saturated carbocycles. The predicted octanol–water partition coefficient (Wildman–Crippen LogP) is 7.01. The van der Waals surface area contributed by atoms with Crippen LogP contribution in [0.1, 0.15) is 48.9 Å². The monoisotopic (exact) mass is 320 g/mol. The van der Waals surface area contributed by atoms with Crippen LogP contribution in [0.3, 0.4) is 0 Å². The Morgan fingerprint density at radius 1 is 0.750 bits per heavy atom. The van der Waals surface area contributed by atoms with E-state index in [1.165, 1.54) is 22.3 Å². The SMILES string of the molecule is CC=CCCc1cccc(C)c1.CC=CCCc1ccccc1C. The van der Waals surface area contributed by atoms with Gasteiger partial charge in [-0.05, 0) is 70.1 Å². The molecule has 0 N–H and O–H groups in total. The Morgan fingerprint density at radius 3 is 2.04 bits per heavy atom. The second kappa shape index (κ2) is 12.4. The Morgan fingerprint density at radius 2 is 1.42 bits per heavy atom. The summed E-state index contributed by atoms with van der Waals surface area (Å²) in [7, 11) is 0. The Labute approximate surface area is 148 Å². The Balaban J connectivity index is 0.000000240. The Bertz CT molecular complexity index is 632. The molecule has 0 radical (unpaired) electrons. The summed E-state index contributed by atoms with van der Waals surface area (Å²) in [6.45, 7) is 8.44. The zero-order chi connectivity index (χ0) is 17.6. The summed E-state index contributed by atoms with van der Waals surface area (Å²) in [4.78, 5) is 0. The van der Waals surface area contributed by atoms with Crippen molar-refractivity contribution in [3.8, 4) is 0 Å². The van der Waals surface area contributed by atoms with Crippen LogP contribution >= 0.6 is 0 Å². The third kappa shape index (κ3) is 8.53. The zero-order valence-electron chi connectivity index (χ0n) is 15.8. The van der Waals surface area contributed by atoms with Crippen LogP contribution in [0.5, 0.6) is 0 Å². The van der Waals surface area contributed by atoms with E-state index in [1.807, 2.05) is 0 Å². The van der Waals surface area contributed by atoms with Gasteiger partial charge in [-0.15, -0.1) is 0 Å². The van der Waals surface area contributed by atoms with Crippen molar-refractivity contribution in [1.29, 1.82) is 0 Å². The summed E-state index contributed by atoms with van der Waals surface area (Å²) < 4.78 is 0. The molecule has 0 aliphatic rings. The third-order valence-corrected chi connectivity index (χ3v) is 4.00. The molecular formula is C24H32. The highest BCUT2D eigenvalue weighted by atomic mass is 14.0. The molecule has 0 bridgehead atoms. The molecule has 24 heavy (non-hydrogen) atoms. The molecule has 2 aromatic rings. The summed E-state index contributed by atoms with van der Waals surface area (Å²) in [5, 5.41) is 0. The van der Waals surface area contributed by atoms with Gasteiger partial charge in [-0.2, -0.15) is 0 Å². The van der Waals surface area contributed by atoms with E-state index < -0.39 is 0 Å². The van der Waals surface area contributed by atoms with Crippen LogP contribution in [0.15, 0.2) is 72.8 Å². The molecular weight excluding hydrogens is 288 g/mol. The maximum Gasteiger partial charge on any atom is -0.0242 e. The van der Waals surface area contributed by atoms with Gasteiger partial charge in [-0.3, -0.25) is 0 Å². The molecule has 128 valence electrons.